The number of nitrogens with two attached hydrogens (primary N) is 1. The molecule has 3 rings (SSSR count). The Hall–Kier alpha value is -0.970. The number of halogens is 1. The highest BCUT2D eigenvalue weighted by Gasteiger charge is 2.23. The highest BCUT2D eigenvalue weighted by atomic mass is 79.9. The summed E-state index contributed by atoms with van der Waals surface area (Å²) in [6.07, 6.45) is 2.81. The van der Waals surface area contributed by atoms with Crippen LogP contribution in [0.15, 0.2) is 57.9 Å². The lowest BCUT2D eigenvalue weighted by molar-refractivity contribution is 0.303. The Bertz CT molecular complexity index is 581. The SMILES string of the molecule is NC(CSc1ccc(Br)cc1)c1ccc(OC2CC2)cc1. The van der Waals surface area contributed by atoms with Crippen LogP contribution in [0.4, 0.5) is 0 Å². The van der Waals surface area contributed by atoms with Gasteiger partial charge in [-0.2, -0.15) is 0 Å². The standard InChI is InChI=1S/C17H18BrNOS/c18-13-3-9-16(10-4-13)21-11-17(19)12-1-5-14(6-2-12)20-15-7-8-15/h1-6,9-10,15,17H,7-8,11,19H2. The Morgan fingerprint density at radius 1 is 1.10 bits per heavy atom. The van der Waals surface area contributed by atoms with E-state index in [0.29, 0.717) is 6.10 Å². The van der Waals surface area contributed by atoms with E-state index in [9.17, 15) is 0 Å². The fourth-order valence-electron chi connectivity index (χ4n) is 1.98. The Balaban J connectivity index is 1.54. The van der Waals surface area contributed by atoms with Gasteiger partial charge >= 0.3 is 0 Å². The fourth-order valence-corrected chi connectivity index (χ4v) is 3.14. The van der Waals surface area contributed by atoms with Crippen LogP contribution in [0.25, 0.3) is 0 Å². The van der Waals surface area contributed by atoms with Crippen molar-refractivity contribution in [3.63, 3.8) is 0 Å². The van der Waals surface area contributed by atoms with E-state index >= 15 is 0 Å². The molecular weight excluding hydrogens is 346 g/mol. The molecule has 1 atom stereocenters. The molecule has 2 N–H and O–H groups in total. The molecule has 0 amide bonds. The van der Waals surface area contributed by atoms with E-state index in [4.69, 9.17) is 10.5 Å². The lowest BCUT2D eigenvalue weighted by Crippen LogP contribution is -2.12. The largest absolute Gasteiger partial charge is 0.490 e. The zero-order valence-corrected chi connectivity index (χ0v) is 14.1. The van der Waals surface area contributed by atoms with Crippen molar-refractivity contribution in [3.05, 3.63) is 58.6 Å². The minimum absolute atomic E-state index is 0.0358. The molecule has 0 aromatic heterocycles. The summed E-state index contributed by atoms with van der Waals surface area (Å²) in [5.74, 6) is 1.82. The van der Waals surface area contributed by atoms with Crippen LogP contribution < -0.4 is 10.5 Å². The molecule has 21 heavy (non-hydrogen) atoms. The Morgan fingerprint density at radius 3 is 2.38 bits per heavy atom. The Morgan fingerprint density at radius 2 is 1.76 bits per heavy atom. The van der Waals surface area contributed by atoms with Gasteiger partial charge in [-0.3, -0.25) is 0 Å². The van der Waals surface area contributed by atoms with Crippen LogP contribution in [-0.4, -0.2) is 11.9 Å². The minimum Gasteiger partial charge on any atom is -0.490 e. The third-order valence-electron chi connectivity index (χ3n) is 3.38. The number of benzene rings is 2. The van der Waals surface area contributed by atoms with Gasteiger partial charge < -0.3 is 10.5 Å². The molecule has 1 aliphatic carbocycles. The Labute approximate surface area is 138 Å². The predicted octanol–water partition coefficient (Wildman–Crippen LogP) is 4.78. The molecule has 0 radical (unpaired) electrons. The monoisotopic (exact) mass is 363 g/mol. The first-order chi connectivity index (χ1) is 10.2. The van der Waals surface area contributed by atoms with E-state index in [1.807, 2.05) is 12.1 Å². The van der Waals surface area contributed by atoms with Crippen LogP contribution in [0.3, 0.4) is 0 Å². The molecule has 2 nitrogen and oxygen atoms in total. The third kappa shape index (κ3) is 4.50. The summed E-state index contributed by atoms with van der Waals surface area (Å²) < 4.78 is 6.85. The van der Waals surface area contributed by atoms with E-state index < -0.39 is 0 Å². The number of thioether (sulfide) groups is 1. The highest BCUT2D eigenvalue weighted by molar-refractivity contribution is 9.10. The van der Waals surface area contributed by atoms with Crippen molar-refractivity contribution >= 4 is 27.7 Å². The van der Waals surface area contributed by atoms with Gasteiger partial charge in [0.05, 0.1) is 6.10 Å². The van der Waals surface area contributed by atoms with E-state index in [1.165, 1.54) is 17.7 Å². The molecule has 110 valence electrons. The maximum Gasteiger partial charge on any atom is 0.119 e. The summed E-state index contributed by atoms with van der Waals surface area (Å²) in [6, 6.07) is 16.6. The molecule has 1 aliphatic rings. The second-order valence-corrected chi connectivity index (χ2v) is 7.27. The molecule has 1 fully saturated rings. The second kappa shape index (κ2) is 6.86. The van der Waals surface area contributed by atoms with Crippen molar-refractivity contribution in [1.82, 2.24) is 0 Å². The van der Waals surface area contributed by atoms with Gasteiger partial charge in [0.15, 0.2) is 0 Å². The molecule has 0 heterocycles. The van der Waals surface area contributed by atoms with Gasteiger partial charge in [0.1, 0.15) is 5.75 Å². The maximum atomic E-state index is 6.27. The smallest absolute Gasteiger partial charge is 0.119 e. The van der Waals surface area contributed by atoms with Crippen LogP contribution in [0.1, 0.15) is 24.4 Å². The molecule has 0 bridgehead atoms. The van der Waals surface area contributed by atoms with E-state index in [-0.39, 0.29) is 6.04 Å². The number of hydrogen-bond donors (Lipinski definition) is 1. The number of ether oxygens (including phenoxy) is 1. The molecular formula is C17H18BrNOS. The zero-order valence-electron chi connectivity index (χ0n) is 11.7. The summed E-state index contributed by atoms with van der Waals surface area (Å²) in [5, 5.41) is 0. The van der Waals surface area contributed by atoms with Crippen molar-refractivity contribution in [2.24, 2.45) is 5.73 Å². The van der Waals surface area contributed by atoms with E-state index in [1.54, 1.807) is 11.8 Å². The average molecular weight is 364 g/mol. The van der Waals surface area contributed by atoms with Crippen molar-refractivity contribution in [2.45, 2.75) is 29.9 Å². The zero-order chi connectivity index (χ0) is 14.7. The van der Waals surface area contributed by atoms with E-state index in [2.05, 4.69) is 52.3 Å². The van der Waals surface area contributed by atoms with Gasteiger partial charge in [-0.25, -0.2) is 0 Å². The first-order valence-corrected chi connectivity index (χ1v) is 8.89. The second-order valence-electron chi connectivity index (χ2n) is 5.26. The van der Waals surface area contributed by atoms with Gasteiger partial charge in [-0.05, 0) is 54.8 Å². The molecule has 0 spiro atoms. The van der Waals surface area contributed by atoms with Gasteiger partial charge in [0.25, 0.3) is 0 Å². The molecule has 0 saturated heterocycles. The lowest BCUT2D eigenvalue weighted by atomic mass is 10.1. The van der Waals surface area contributed by atoms with Gasteiger partial charge in [-0.1, -0.05) is 28.1 Å². The van der Waals surface area contributed by atoms with Crippen LogP contribution in [0.2, 0.25) is 0 Å². The van der Waals surface area contributed by atoms with E-state index in [0.717, 1.165) is 21.5 Å². The Kier molecular flexibility index (Phi) is 4.88. The van der Waals surface area contributed by atoms with Crippen LogP contribution >= 0.6 is 27.7 Å². The molecule has 1 unspecified atom stereocenters. The normalized spacial score (nSPS) is 15.7. The summed E-state index contributed by atoms with van der Waals surface area (Å²) in [6.45, 7) is 0. The van der Waals surface area contributed by atoms with Crippen molar-refractivity contribution in [3.8, 4) is 5.75 Å². The third-order valence-corrected chi connectivity index (χ3v) is 5.04. The molecule has 2 aromatic carbocycles. The van der Waals surface area contributed by atoms with Gasteiger partial charge in [-0.15, -0.1) is 11.8 Å². The first-order valence-electron chi connectivity index (χ1n) is 7.11. The summed E-state index contributed by atoms with van der Waals surface area (Å²) >= 11 is 5.22. The fraction of sp³-hybridized carbons (Fsp3) is 0.294. The van der Waals surface area contributed by atoms with Crippen molar-refractivity contribution in [2.75, 3.05) is 5.75 Å². The number of hydrogen-bond acceptors (Lipinski definition) is 3. The molecule has 4 heteroatoms. The highest BCUT2D eigenvalue weighted by Crippen LogP contribution is 2.29. The van der Waals surface area contributed by atoms with Crippen LogP contribution in [-0.2, 0) is 0 Å². The first kappa shape index (κ1) is 14.9. The van der Waals surface area contributed by atoms with Gasteiger partial charge in [0, 0.05) is 21.2 Å². The number of rotatable bonds is 6. The topological polar surface area (TPSA) is 35.2 Å². The summed E-state index contributed by atoms with van der Waals surface area (Å²) in [4.78, 5) is 1.24. The molecule has 1 saturated carbocycles. The maximum absolute atomic E-state index is 6.27. The predicted molar refractivity (Wildman–Crippen MR) is 91.9 cm³/mol. The quantitative estimate of drug-likeness (QED) is 0.749. The van der Waals surface area contributed by atoms with Gasteiger partial charge in [0.2, 0.25) is 0 Å². The summed E-state index contributed by atoms with van der Waals surface area (Å²) in [7, 11) is 0. The van der Waals surface area contributed by atoms with Crippen molar-refractivity contribution < 1.29 is 4.74 Å². The summed E-state index contributed by atoms with van der Waals surface area (Å²) in [5.41, 5.74) is 7.42. The van der Waals surface area contributed by atoms with Crippen molar-refractivity contribution in [1.29, 1.82) is 0 Å². The molecule has 0 aliphatic heterocycles. The lowest BCUT2D eigenvalue weighted by Gasteiger charge is -2.13. The molecule has 2 aromatic rings. The van der Waals surface area contributed by atoms with Crippen LogP contribution in [0, 0.1) is 0 Å². The van der Waals surface area contributed by atoms with Crippen LogP contribution in [0.5, 0.6) is 5.75 Å². The minimum atomic E-state index is 0.0358. The average Bonchev–Trinajstić information content (AvgIpc) is 3.31.